The Balaban J connectivity index is 1.19. The molecule has 7 nitrogen and oxygen atoms in total. The molecule has 2 aromatic heterocycles. The van der Waals surface area contributed by atoms with Gasteiger partial charge in [0.05, 0.1) is 37.2 Å². The Morgan fingerprint density at radius 1 is 1.12 bits per heavy atom. The molecule has 1 saturated carbocycles. The van der Waals surface area contributed by atoms with Crippen molar-refractivity contribution in [3.63, 3.8) is 0 Å². The van der Waals surface area contributed by atoms with Crippen LogP contribution in [0.25, 0.3) is 11.3 Å². The maximum atomic E-state index is 13.3. The average Bonchev–Trinajstić information content (AvgIpc) is 3.39. The van der Waals surface area contributed by atoms with E-state index in [0.29, 0.717) is 44.0 Å². The third-order valence-electron chi connectivity index (χ3n) is 6.31. The highest BCUT2D eigenvalue weighted by atomic mass is 19.4. The molecule has 2 unspecified atom stereocenters. The number of nitrogens with zero attached hydrogens (tertiary/aromatic N) is 4. The number of hydrogen-bond donors (Lipinski definition) is 1. The van der Waals surface area contributed by atoms with E-state index in [4.69, 9.17) is 12.2 Å². The summed E-state index contributed by atoms with van der Waals surface area (Å²) in [5.74, 6) is 1.22. The minimum atomic E-state index is -4.50. The molecule has 172 valence electrons. The topological polar surface area (TPSA) is 72.4 Å². The summed E-state index contributed by atoms with van der Waals surface area (Å²) in [6.45, 7) is 0.913. The zero-order valence-corrected chi connectivity index (χ0v) is 17.4. The van der Waals surface area contributed by atoms with Gasteiger partial charge < -0.3 is 19.7 Å². The quantitative estimate of drug-likeness (QED) is 0.749. The summed E-state index contributed by atoms with van der Waals surface area (Å²) < 4.78 is 67.9. The number of pyridine rings is 1. The van der Waals surface area contributed by atoms with Gasteiger partial charge in [0.25, 0.3) is 0 Å². The van der Waals surface area contributed by atoms with Gasteiger partial charge >= 0.3 is 6.18 Å². The van der Waals surface area contributed by atoms with Gasteiger partial charge in [-0.25, -0.2) is 0 Å². The van der Waals surface area contributed by atoms with E-state index in [0.717, 1.165) is 31.3 Å². The van der Waals surface area contributed by atoms with Gasteiger partial charge in [-0.05, 0) is 42.9 Å². The maximum Gasteiger partial charge on any atom is 0.417 e. The number of alkyl halides is 3. The number of fused-ring (bicyclic) bond motifs is 1. The predicted octanol–water partition coefficient (Wildman–Crippen LogP) is 3.10. The first-order valence-corrected chi connectivity index (χ1v) is 10.8. The standard InChI is InChI=1S/C22H26F3N5O2/c23-22(24,25)19-3-4-26-9-18(19)20-1-2-21(29-28-20)27-16-7-14-10-30(11-15(14)8-16)12-17-13-31-5-6-32-17/h1-4,9,14-17H,5-8,10-13H2,(H,27,29)/t14?,15?,16?,17-/m0/s1/i12D2. The first kappa shape index (κ1) is 19.2. The highest BCUT2D eigenvalue weighted by Crippen LogP contribution is 2.39. The Bertz CT molecular complexity index is 991. The molecule has 4 heterocycles. The van der Waals surface area contributed by atoms with Gasteiger partial charge in [0.2, 0.25) is 0 Å². The van der Waals surface area contributed by atoms with Crippen LogP contribution in [0.4, 0.5) is 19.0 Å². The third kappa shape index (κ3) is 4.72. The molecule has 0 bridgehead atoms. The number of aromatic nitrogens is 3. The van der Waals surface area contributed by atoms with Gasteiger partial charge in [-0.3, -0.25) is 4.98 Å². The largest absolute Gasteiger partial charge is 0.417 e. The highest BCUT2D eigenvalue weighted by molar-refractivity contribution is 5.63. The van der Waals surface area contributed by atoms with E-state index < -0.39 is 24.3 Å². The van der Waals surface area contributed by atoms with E-state index in [9.17, 15) is 13.2 Å². The summed E-state index contributed by atoms with van der Waals surface area (Å²) in [4.78, 5) is 5.67. The van der Waals surface area contributed by atoms with Crippen molar-refractivity contribution >= 4 is 5.82 Å². The predicted molar refractivity (Wildman–Crippen MR) is 111 cm³/mol. The van der Waals surface area contributed by atoms with Gasteiger partial charge in [0, 0.05) is 46.3 Å². The van der Waals surface area contributed by atoms with E-state index in [1.807, 2.05) is 4.90 Å². The van der Waals surface area contributed by atoms with E-state index >= 15 is 0 Å². The highest BCUT2D eigenvalue weighted by Gasteiger charge is 2.41. The van der Waals surface area contributed by atoms with Gasteiger partial charge in [0.15, 0.2) is 0 Å². The molecule has 10 heteroatoms. The third-order valence-corrected chi connectivity index (χ3v) is 6.31. The number of nitrogens with one attached hydrogen (secondary N) is 1. The fraction of sp³-hybridized carbons (Fsp3) is 0.591. The molecule has 3 aliphatic rings. The number of rotatable bonds is 5. The summed E-state index contributed by atoms with van der Waals surface area (Å²) >= 11 is 0. The monoisotopic (exact) mass is 451 g/mol. The van der Waals surface area contributed by atoms with Crippen molar-refractivity contribution in [2.75, 3.05) is 44.7 Å². The van der Waals surface area contributed by atoms with Crippen LogP contribution in [0.5, 0.6) is 0 Å². The second-order valence-corrected chi connectivity index (χ2v) is 8.52. The molecule has 0 amide bonds. The number of hydrogen-bond acceptors (Lipinski definition) is 7. The molecule has 2 saturated heterocycles. The van der Waals surface area contributed by atoms with Crippen LogP contribution in [-0.4, -0.2) is 71.6 Å². The van der Waals surface area contributed by atoms with Crippen LogP contribution >= 0.6 is 0 Å². The number of anilines is 1. The zero-order valence-electron chi connectivity index (χ0n) is 19.4. The van der Waals surface area contributed by atoms with Crippen molar-refractivity contribution in [1.82, 2.24) is 20.1 Å². The first-order chi connectivity index (χ1) is 16.2. The van der Waals surface area contributed by atoms with Crippen molar-refractivity contribution < 1.29 is 25.4 Å². The number of likely N-dealkylation sites (tertiary alicyclic amines) is 1. The molecule has 3 fully saturated rings. The molecular weight excluding hydrogens is 423 g/mol. The second kappa shape index (κ2) is 8.92. The fourth-order valence-corrected chi connectivity index (χ4v) is 4.90. The van der Waals surface area contributed by atoms with Crippen LogP contribution < -0.4 is 5.32 Å². The SMILES string of the molecule is [2H]C([2H])([C@H]1COCCO1)N1CC2CC(Nc3ccc(-c4cnccc4C(F)(F)F)nn3)CC2C1. The van der Waals surface area contributed by atoms with E-state index in [2.05, 4.69) is 20.5 Å². The lowest BCUT2D eigenvalue weighted by atomic mass is 10.0. The summed E-state index contributed by atoms with van der Waals surface area (Å²) in [5, 5.41) is 11.4. The molecule has 0 radical (unpaired) electrons. The maximum absolute atomic E-state index is 13.3. The molecule has 2 aromatic rings. The Labute approximate surface area is 187 Å². The van der Waals surface area contributed by atoms with Gasteiger partial charge in [-0.2, -0.15) is 13.2 Å². The Kier molecular flexibility index (Phi) is 5.35. The van der Waals surface area contributed by atoms with E-state index in [1.54, 1.807) is 6.07 Å². The summed E-state index contributed by atoms with van der Waals surface area (Å²) in [6, 6.07) is 4.23. The number of halogens is 3. The van der Waals surface area contributed by atoms with Crippen molar-refractivity contribution in [3.05, 3.63) is 36.2 Å². The summed E-state index contributed by atoms with van der Waals surface area (Å²) in [6.07, 6.45) is -1.10. The van der Waals surface area contributed by atoms with Crippen LogP contribution in [0, 0.1) is 11.8 Å². The Hall–Kier alpha value is -2.30. The van der Waals surface area contributed by atoms with Crippen LogP contribution in [0.1, 0.15) is 21.1 Å². The lowest BCUT2D eigenvalue weighted by Gasteiger charge is -2.28. The van der Waals surface area contributed by atoms with Crippen LogP contribution in [-0.2, 0) is 15.7 Å². The van der Waals surface area contributed by atoms with Crippen LogP contribution in [0.2, 0.25) is 0 Å². The first-order valence-electron chi connectivity index (χ1n) is 11.8. The number of ether oxygens (including phenoxy) is 2. The van der Waals surface area contributed by atoms with Crippen molar-refractivity contribution in [3.8, 4) is 11.3 Å². The van der Waals surface area contributed by atoms with Crippen molar-refractivity contribution in [2.24, 2.45) is 11.8 Å². The molecule has 5 rings (SSSR count). The van der Waals surface area contributed by atoms with Gasteiger partial charge in [0.1, 0.15) is 5.82 Å². The smallest absolute Gasteiger partial charge is 0.376 e. The van der Waals surface area contributed by atoms with E-state index in [1.165, 1.54) is 6.07 Å². The fourth-order valence-electron chi connectivity index (χ4n) is 4.90. The molecule has 1 aliphatic carbocycles. The van der Waals surface area contributed by atoms with Crippen molar-refractivity contribution in [1.29, 1.82) is 0 Å². The molecule has 1 N–H and O–H groups in total. The van der Waals surface area contributed by atoms with E-state index in [-0.39, 0.29) is 23.9 Å². The van der Waals surface area contributed by atoms with Gasteiger partial charge in [-0.1, -0.05) is 0 Å². The van der Waals surface area contributed by atoms with Crippen LogP contribution in [0.15, 0.2) is 30.6 Å². The average molecular weight is 451 g/mol. The van der Waals surface area contributed by atoms with Crippen LogP contribution in [0.3, 0.4) is 0 Å². The molecule has 2 aliphatic heterocycles. The summed E-state index contributed by atoms with van der Waals surface area (Å²) in [5.41, 5.74) is -0.789. The Morgan fingerprint density at radius 3 is 2.59 bits per heavy atom. The molecule has 3 atom stereocenters. The van der Waals surface area contributed by atoms with Gasteiger partial charge in [-0.15, -0.1) is 10.2 Å². The normalized spacial score (nSPS) is 30.0. The lowest BCUT2D eigenvalue weighted by molar-refractivity contribution is -0.137. The molecule has 0 aromatic carbocycles. The second-order valence-electron chi connectivity index (χ2n) is 8.52. The Morgan fingerprint density at radius 2 is 1.94 bits per heavy atom. The lowest BCUT2D eigenvalue weighted by Crippen LogP contribution is -2.39. The summed E-state index contributed by atoms with van der Waals surface area (Å²) in [7, 11) is 0. The molecule has 0 spiro atoms. The minimum Gasteiger partial charge on any atom is -0.376 e. The molecular formula is C22H26F3N5O2. The zero-order chi connectivity index (χ0) is 23.9. The van der Waals surface area contributed by atoms with Crippen molar-refractivity contribution in [2.45, 2.75) is 31.2 Å². The minimum absolute atomic E-state index is 0.105. The molecule has 32 heavy (non-hydrogen) atoms.